The second-order valence-corrected chi connectivity index (χ2v) is 5.56. The molecule has 15 heavy (non-hydrogen) atoms. The molecule has 1 aromatic carbocycles. The molecule has 1 nitrogen and oxygen atoms in total. The van der Waals surface area contributed by atoms with Crippen LogP contribution in [0.2, 0.25) is 0 Å². The Hall–Kier alpha value is -0.630. The molecule has 0 saturated heterocycles. The van der Waals surface area contributed by atoms with E-state index >= 15 is 0 Å². The van der Waals surface area contributed by atoms with E-state index in [0.29, 0.717) is 5.75 Å². The molecule has 1 aliphatic carbocycles. The predicted octanol–water partition coefficient (Wildman–Crippen LogP) is 3.57. The molecular formula is C13H18OS. The standard InChI is InChI=1S/C13H18OS/c1-2-15-10-13(8-5-9-13)11-6-3-4-7-12(11)14/h3-4,6-7,14H,2,5,8-10H2,1H3. The van der Waals surface area contributed by atoms with Crippen molar-refractivity contribution in [3.8, 4) is 5.75 Å². The number of rotatable bonds is 4. The summed E-state index contributed by atoms with van der Waals surface area (Å²) in [5.41, 5.74) is 1.43. The molecule has 1 saturated carbocycles. The van der Waals surface area contributed by atoms with Crippen LogP contribution in [0.4, 0.5) is 0 Å². The summed E-state index contributed by atoms with van der Waals surface area (Å²) in [6, 6.07) is 7.83. The lowest BCUT2D eigenvalue weighted by Gasteiger charge is -2.42. The van der Waals surface area contributed by atoms with Crippen LogP contribution in [0.3, 0.4) is 0 Å². The average molecular weight is 222 g/mol. The van der Waals surface area contributed by atoms with Crippen molar-refractivity contribution in [3.63, 3.8) is 0 Å². The molecule has 1 aliphatic rings. The number of hydrogen-bond acceptors (Lipinski definition) is 2. The number of para-hydroxylation sites is 1. The van der Waals surface area contributed by atoms with Gasteiger partial charge in [0, 0.05) is 16.7 Å². The first kappa shape index (κ1) is 10.9. The first-order valence-corrected chi connectivity index (χ1v) is 6.80. The van der Waals surface area contributed by atoms with Gasteiger partial charge in [-0.3, -0.25) is 0 Å². The summed E-state index contributed by atoms with van der Waals surface area (Å²) < 4.78 is 0. The number of hydrogen-bond donors (Lipinski definition) is 1. The number of phenols is 1. The van der Waals surface area contributed by atoms with Gasteiger partial charge in [-0.2, -0.15) is 11.8 Å². The van der Waals surface area contributed by atoms with E-state index in [4.69, 9.17) is 0 Å². The monoisotopic (exact) mass is 222 g/mol. The Morgan fingerprint density at radius 3 is 2.60 bits per heavy atom. The SMILES string of the molecule is CCSCC1(c2ccccc2O)CCC1. The Labute approximate surface area is 95.9 Å². The van der Waals surface area contributed by atoms with E-state index in [1.165, 1.54) is 19.3 Å². The van der Waals surface area contributed by atoms with E-state index in [-0.39, 0.29) is 5.41 Å². The third-order valence-electron chi connectivity index (χ3n) is 3.37. The number of benzene rings is 1. The van der Waals surface area contributed by atoms with Gasteiger partial charge in [0.15, 0.2) is 0 Å². The lowest BCUT2D eigenvalue weighted by Crippen LogP contribution is -2.36. The van der Waals surface area contributed by atoms with E-state index < -0.39 is 0 Å². The summed E-state index contributed by atoms with van der Waals surface area (Å²) in [7, 11) is 0. The molecular weight excluding hydrogens is 204 g/mol. The van der Waals surface area contributed by atoms with Gasteiger partial charge in [0.2, 0.25) is 0 Å². The minimum absolute atomic E-state index is 0.270. The molecule has 0 radical (unpaired) electrons. The Morgan fingerprint density at radius 2 is 2.07 bits per heavy atom. The summed E-state index contributed by atoms with van der Waals surface area (Å²) in [4.78, 5) is 0. The minimum atomic E-state index is 0.270. The zero-order valence-electron chi connectivity index (χ0n) is 9.20. The maximum Gasteiger partial charge on any atom is 0.119 e. The van der Waals surface area contributed by atoms with E-state index in [2.05, 4.69) is 13.0 Å². The van der Waals surface area contributed by atoms with E-state index in [0.717, 1.165) is 17.1 Å². The molecule has 1 N–H and O–H groups in total. The van der Waals surface area contributed by atoms with Crippen LogP contribution in [0.15, 0.2) is 24.3 Å². The zero-order valence-corrected chi connectivity index (χ0v) is 10.0. The van der Waals surface area contributed by atoms with Crippen LogP contribution in [0.5, 0.6) is 5.75 Å². The fourth-order valence-corrected chi connectivity index (χ4v) is 3.35. The molecule has 82 valence electrons. The van der Waals surface area contributed by atoms with Crippen LogP contribution in [0.25, 0.3) is 0 Å². The Bertz CT molecular complexity index is 331. The van der Waals surface area contributed by atoms with Gasteiger partial charge in [0.1, 0.15) is 5.75 Å². The molecule has 2 heteroatoms. The minimum Gasteiger partial charge on any atom is -0.508 e. The lowest BCUT2D eigenvalue weighted by atomic mass is 9.65. The van der Waals surface area contributed by atoms with Gasteiger partial charge in [-0.15, -0.1) is 0 Å². The van der Waals surface area contributed by atoms with Gasteiger partial charge in [-0.25, -0.2) is 0 Å². The molecule has 2 rings (SSSR count). The molecule has 0 unspecified atom stereocenters. The van der Waals surface area contributed by atoms with Crippen LogP contribution < -0.4 is 0 Å². The highest BCUT2D eigenvalue weighted by Crippen LogP contribution is 2.48. The van der Waals surface area contributed by atoms with Crippen LogP contribution in [-0.2, 0) is 5.41 Å². The van der Waals surface area contributed by atoms with Crippen LogP contribution in [-0.4, -0.2) is 16.6 Å². The first-order valence-electron chi connectivity index (χ1n) is 5.65. The molecule has 0 aromatic heterocycles. The summed E-state index contributed by atoms with van der Waals surface area (Å²) in [6.45, 7) is 2.20. The summed E-state index contributed by atoms with van der Waals surface area (Å²) in [6.07, 6.45) is 3.77. The summed E-state index contributed by atoms with van der Waals surface area (Å²) in [5, 5.41) is 9.90. The van der Waals surface area contributed by atoms with Gasteiger partial charge in [-0.1, -0.05) is 31.5 Å². The highest BCUT2D eigenvalue weighted by atomic mass is 32.2. The van der Waals surface area contributed by atoms with E-state index in [1.54, 1.807) is 0 Å². The van der Waals surface area contributed by atoms with Crippen molar-refractivity contribution in [2.75, 3.05) is 11.5 Å². The highest BCUT2D eigenvalue weighted by molar-refractivity contribution is 7.99. The van der Waals surface area contributed by atoms with Gasteiger partial charge < -0.3 is 5.11 Å². The first-order chi connectivity index (χ1) is 7.28. The van der Waals surface area contributed by atoms with E-state index in [9.17, 15) is 5.11 Å². The van der Waals surface area contributed by atoms with Crippen molar-refractivity contribution in [2.24, 2.45) is 0 Å². The zero-order chi connectivity index (χ0) is 10.7. The van der Waals surface area contributed by atoms with Crippen LogP contribution in [0, 0.1) is 0 Å². The van der Waals surface area contributed by atoms with Crippen molar-refractivity contribution in [3.05, 3.63) is 29.8 Å². The van der Waals surface area contributed by atoms with Crippen LogP contribution in [0.1, 0.15) is 31.7 Å². The fraction of sp³-hybridized carbons (Fsp3) is 0.538. The third-order valence-corrected chi connectivity index (χ3v) is 4.53. The maximum absolute atomic E-state index is 9.90. The van der Waals surface area contributed by atoms with Gasteiger partial charge in [0.25, 0.3) is 0 Å². The summed E-state index contributed by atoms with van der Waals surface area (Å²) >= 11 is 1.98. The van der Waals surface area contributed by atoms with E-state index in [1.807, 2.05) is 30.0 Å². The van der Waals surface area contributed by atoms with Gasteiger partial charge >= 0.3 is 0 Å². The van der Waals surface area contributed by atoms with Crippen molar-refractivity contribution in [2.45, 2.75) is 31.6 Å². The number of thioether (sulfide) groups is 1. The number of aromatic hydroxyl groups is 1. The molecule has 0 amide bonds. The second kappa shape index (κ2) is 4.48. The molecule has 0 atom stereocenters. The van der Waals surface area contributed by atoms with Crippen molar-refractivity contribution in [1.82, 2.24) is 0 Å². The van der Waals surface area contributed by atoms with Crippen molar-refractivity contribution < 1.29 is 5.11 Å². The Kier molecular flexibility index (Phi) is 3.25. The lowest BCUT2D eigenvalue weighted by molar-refractivity contribution is 0.269. The van der Waals surface area contributed by atoms with Crippen molar-refractivity contribution >= 4 is 11.8 Å². The smallest absolute Gasteiger partial charge is 0.119 e. The van der Waals surface area contributed by atoms with Gasteiger partial charge in [0.05, 0.1) is 0 Å². The van der Waals surface area contributed by atoms with Crippen molar-refractivity contribution in [1.29, 1.82) is 0 Å². The average Bonchev–Trinajstić information content (AvgIpc) is 2.19. The normalized spacial score (nSPS) is 18.5. The molecule has 1 fully saturated rings. The Balaban J connectivity index is 2.22. The molecule has 1 aromatic rings. The maximum atomic E-state index is 9.90. The van der Waals surface area contributed by atoms with Gasteiger partial charge in [-0.05, 0) is 24.7 Å². The quantitative estimate of drug-likeness (QED) is 0.840. The molecule has 0 spiro atoms. The highest BCUT2D eigenvalue weighted by Gasteiger charge is 2.39. The Morgan fingerprint density at radius 1 is 1.33 bits per heavy atom. The molecule has 0 heterocycles. The topological polar surface area (TPSA) is 20.2 Å². The molecule has 0 aliphatic heterocycles. The summed E-state index contributed by atoms with van der Waals surface area (Å²) in [5.74, 6) is 2.80. The predicted molar refractivity (Wildman–Crippen MR) is 66.6 cm³/mol. The third kappa shape index (κ3) is 2.00. The van der Waals surface area contributed by atoms with Crippen LogP contribution >= 0.6 is 11.8 Å². The largest absolute Gasteiger partial charge is 0.508 e. The second-order valence-electron chi connectivity index (χ2n) is 4.29. The number of phenolic OH excluding ortho intramolecular Hbond substituents is 1. The fourth-order valence-electron chi connectivity index (χ4n) is 2.31. The molecule has 0 bridgehead atoms.